The molecule has 100 valence electrons. The number of halogens is 4. The molecule has 1 aliphatic rings. The van der Waals surface area contributed by atoms with Crippen LogP contribution in [-0.2, 0) is 9.53 Å². The summed E-state index contributed by atoms with van der Waals surface area (Å²) in [5, 5.41) is 0. The highest BCUT2D eigenvalue weighted by molar-refractivity contribution is 6.27. The SMILES string of the molecule is CCOCC1(C(F)(F)F)CCN(C(=O)CCl)C1. The van der Waals surface area contributed by atoms with E-state index in [2.05, 4.69) is 0 Å². The van der Waals surface area contributed by atoms with Crippen LogP contribution in [0.5, 0.6) is 0 Å². The van der Waals surface area contributed by atoms with Gasteiger partial charge >= 0.3 is 6.18 Å². The summed E-state index contributed by atoms with van der Waals surface area (Å²) in [4.78, 5) is 12.4. The van der Waals surface area contributed by atoms with E-state index in [0.29, 0.717) is 0 Å². The lowest BCUT2D eigenvalue weighted by molar-refractivity contribution is -0.234. The van der Waals surface area contributed by atoms with Gasteiger partial charge in [-0.1, -0.05) is 0 Å². The average Bonchev–Trinajstić information content (AvgIpc) is 2.70. The first-order valence-electron chi connectivity index (χ1n) is 5.34. The molecule has 1 rings (SSSR count). The second kappa shape index (κ2) is 5.44. The van der Waals surface area contributed by atoms with Gasteiger partial charge in [-0.3, -0.25) is 4.79 Å². The maximum Gasteiger partial charge on any atom is 0.398 e. The molecular weight excluding hydrogens is 259 g/mol. The standard InChI is InChI=1S/C10H15ClF3NO2/c1-2-17-7-9(10(12,13)14)3-4-15(6-9)8(16)5-11/h2-7H2,1H3. The third kappa shape index (κ3) is 3.04. The summed E-state index contributed by atoms with van der Waals surface area (Å²) < 4.78 is 44.0. The van der Waals surface area contributed by atoms with Gasteiger partial charge in [0.1, 0.15) is 11.3 Å². The molecule has 1 aliphatic heterocycles. The van der Waals surface area contributed by atoms with E-state index >= 15 is 0 Å². The fourth-order valence-electron chi connectivity index (χ4n) is 1.90. The Morgan fingerprint density at radius 2 is 2.18 bits per heavy atom. The molecule has 1 unspecified atom stereocenters. The van der Waals surface area contributed by atoms with Gasteiger partial charge < -0.3 is 9.64 Å². The summed E-state index contributed by atoms with van der Waals surface area (Å²) in [6.45, 7) is 1.18. The Morgan fingerprint density at radius 1 is 1.53 bits per heavy atom. The summed E-state index contributed by atoms with van der Waals surface area (Å²) in [6.07, 6.45) is -4.50. The number of likely N-dealkylation sites (tertiary alicyclic amines) is 1. The summed E-state index contributed by atoms with van der Waals surface area (Å²) in [6, 6.07) is 0. The van der Waals surface area contributed by atoms with Crippen molar-refractivity contribution < 1.29 is 22.7 Å². The largest absolute Gasteiger partial charge is 0.398 e. The zero-order chi connectivity index (χ0) is 13.1. The predicted molar refractivity (Wildman–Crippen MR) is 56.9 cm³/mol. The van der Waals surface area contributed by atoms with Crippen LogP contribution < -0.4 is 0 Å². The molecule has 0 bridgehead atoms. The number of rotatable bonds is 4. The normalized spacial score (nSPS) is 25.4. The van der Waals surface area contributed by atoms with Gasteiger partial charge in [0.25, 0.3) is 0 Å². The Morgan fingerprint density at radius 3 is 2.65 bits per heavy atom. The molecule has 1 amide bonds. The first kappa shape index (κ1) is 14.6. The van der Waals surface area contributed by atoms with Crippen LogP contribution in [0.2, 0.25) is 0 Å². The topological polar surface area (TPSA) is 29.5 Å². The van der Waals surface area contributed by atoms with Gasteiger partial charge in [-0.25, -0.2) is 0 Å². The molecule has 0 aromatic carbocycles. The van der Waals surface area contributed by atoms with Gasteiger partial charge in [-0.05, 0) is 13.3 Å². The monoisotopic (exact) mass is 273 g/mol. The lowest BCUT2D eigenvalue weighted by Gasteiger charge is -2.31. The van der Waals surface area contributed by atoms with Crippen molar-refractivity contribution in [3.63, 3.8) is 0 Å². The van der Waals surface area contributed by atoms with Crippen LogP contribution in [0, 0.1) is 5.41 Å². The van der Waals surface area contributed by atoms with E-state index in [4.69, 9.17) is 16.3 Å². The minimum absolute atomic E-state index is 0.0815. The average molecular weight is 274 g/mol. The van der Waals surface area contributed by atoms with Crippen molar-refractivity contribution >= 4 is 17.5 Å². The van der Waals surface area contributed by atoms with Crippen LogP contribution in [0.25, 0.3) is 0 Å². The van der Waals surface area contributed by atoms with E-state index in [-0.39, 0.29) is 32.0 Å². The minimum atomic E-state index is -4.37. The molecule has 17 heavy (non-hydrogen) atoms. The molecule has 1 heterocycles. The molecule has 1 atom stereocenters. The third-order valence-electron chi connectivity index (χ3n) is 3.00. The number of alkyl halides is 4. The Kier molecular flexibility index (Phi) is 4.66. The van der Waals surface area contributed by atoms with Crippen LogP contribution in [0.4, 0.5) is 13.2 Å². The van der Waals surface area contributed by atoms with Crippen LogP contribution in [-0.4, -0.2) is 49.2 Å². The number of carbonyl (C=O) groups is 1. The number of hydrogen-bond acceptors (Lipinski definition) is 2. The summed E-state index contributed by atoms with van der Waals surface area (Å²) >= 11 is 5.34. The highest BCUT2D eigenvalue weighted by Crippen LogP contribution is 2.45. The van der Waals surface area contributed by atoms with Gasteiger partial charge in [-0.15, -0.1) is 11.6 Å². The second-order valence-corrected chi connectivity index (χ2v) is 4.38. The quantitative estimate of drug-likeness (QED) is 0.734. The Balaban J connectivity index is 2.78. The molecule has 7 heteroatoms. The van der Waals surface area contributed by atoms with Gasteiger partial charge in [0, 0.05) is 19.7 Å². The molecule has 0 radical (unpaired) electrons. The first-order chi connectivity index (χ1) is 7.86. The molecule has 3 nitrogen and oxygen atoms in total. The van der Waals surface area contributed by atoms with Crippen molar-refractivity contribution in [3.05, 3.63) is 0 Å². The summed E-state index contributed by atoms with van der Waals surface area (Å²) in [5.74, 6) is -0.753. The van der Waals surface area contributed by atoms with Crippen LogP contribution in [0.1, 0.15) is 13.3 Å². The highest BCUT2D eigenvalue weighted by atomic mass is 35.5. The third-order valence-corrected chi connectivity index (χ3v) is 3.23. The van der Waals surface area contributed by atoms with Gasteiger partial charge in [0.15, 0.2) is 0 Å². The summed E-state index contributed by atoms with van der Waals surface area (Å²) in [7, 11) is 0. The molecule has 0 aliphatic carbocycles. The Bertz CT molecular complexity index is 285. The number of ether oxygens (including phenoxy) is 1. The molecule has 0 saturated carbocycles. The Hall–Kier alpha value is -0.490. The van der Waals surface area contributed by atoms with Gasteiger partial charge in [0.2, 0.25) is 5.91 Å². The van der Waals surface area contributed by atoms with E-state index in [0.717, 1.165) is 4.90 Å². The number of amides is 1. The van der Waals surface area contributed by atoms with Crippen LogP contribution in [0.3, 0.4) is 0 Å². The van der Waals surface area contributed by atoms with Gasteiger partial charge in [0.05, 0.1) is 6.61 Å². The van der Waals surface area contributed by atoms with Gasteiger partial charge in [-0.2, -0.15) is 13.2 Å². The van der Waals surface area contributed by atoms with Crippen molar-refractivity contribution in [2.45, 2.75) is 19.5 Å². The second-order valence-electron chi connectivity index (χ2n) is 4.11. The molecule has 0 spiro atoms. The fourth-order valence-corrected chi connectivity index (χ4v) is 2.07. The minimum Gasteiger partial charge on any atom is -0.381 e. The van der Waals surface area contributed by atoms with Crippen LogP contribution in [0.15, 0.2) is 0 Å². The van der Waals surface area contributed by atoms with E-state index in [9.17, 15) is 18.0 Å². The van der Waals surface area contributed by atoms with Crippen molar-refractivity contribution in [1.82, 2.24) is 4.90 Å². The fraction of sp³-hybridized carbons (Fsp3) is 0.900. The predicted octanol–water partition coefficient (Wildman–Crippen LogP) is 2.04. The molecule has 0 N–H and O–H groups in total. The van der Waals surface area contributed by atoms with E-state index in [1.807, 2.05) is 0 Å². The molecule has 1 fully saturated rings. The number of hydrogen-bond donors (Lipinski definition) is 0. The van der Waals surface area contributed by atoms with Crippen molar-refractivity contribution in [2.75, 3.05) is 32.2 Å². The van der Waals surface area contributed by atoms with Crippen molar-refractivity contribution in [2.24, 2.45) is 5.41 Å². The van der Waals surface area contributed by atoms with Crippen LogP contribution >= 0.6 is 11.6 Å². The van der Waals surface area contributed by atoms with E-state index in [1.165, 1.54) is 0 Å². The maximum atomic E-state index is 13.0. The zero-order valence-corrected chi connectivity index (χ0v) is 10.3. The van der Waals surface area contributed by atoms with E-state index in [1.54, 1.807) is 6.92 Å². The smallest absolute Gasteiger partial charge is 0.381 e. The summed E-state index contributed by atoms with van der Waals surface area (Å²) in [5.41, 5.74) is -1.94. The maximum absolute atomic E-state index is 13.0. The van der Waals surface area contributed by atoms with E-state index < -0.39 is 24.1 Å². The number of carbonyl (C=O) groups excluding carboxylic acids is 1. The lowest BCUT2D eigenvalue weighted by Crippen LogP contribution is -2.45. The molecule has 1 saturated heterocycles. The Labute approximate surface area is 103 Å². The molecule has 0 aromatic rings. The molecule has 0 aromatic heterocycles. The van der Waals surface area contributed by atoms with Crippen molar-refractivity contribution in [3.8, 4) is 0 Å². The first-order valence-corrected chi connectivity index (χ1v) is 5.88. The zero-order valence-electron chi connectivity index (χ0n) is 9.52. The molecular formula is C10H15ClF3NO2. The lowest BCUT2D eigenvalue weighted by atomic mass is 9.87. The van der Waals surface area contributed by atoms with Crippen molar-refractivity contribution in [1.29, 1.82) is 0 Å². The number of nitrogens with zero attached hydrogens (tertiary/aromatic N) is 1. The highest BCUT2D eigenvalue weighted by Gasteiger charge is 2.58.